The number of carbonyl (C=O) groups is 1. The molecule has 1 saturated heterocycles. The minimum absolute atomic E-state index is 0.0417. The molecule has 1 heterocycles. The standard InChI is InChI=1S/C8H15NO2/c1-8(2,3)6-5-9(4)7(10)11-6/h6H,5H2,1-4H3/t6-/m0/s1. The largest absolute Gasteiger partial charge is 0.444 e. The lowest BCUT2D eigenvalue weighted by Crippen LogP contribution is -2.29. The van der Waals surface area contributed by atoms with Gasteiger partial charge in [0.2, 0.25) is 0 Å². The van der Waals surface area contributed by atoms with Crippen LogP contribution in [0.25, 0.3) is 0 Å². The Balaban J connectivity index is 2.61. The molecule has 0 aliphatic carbocycles. The SMILES string of the molecule is CN1C[C@@H](C(C)(C)C)OC1=O. The van der Waals surface area contributed by atoms with Crippen molar-refractivity contribution in [1.82, 2.24) is 4.90 Å². The van der Waals surface area contributed by atoms with E-state index >= 15 is 0 Å². The van der Waals surface area contributed by atoms with Gasteiger partial charge in [0.05, 0.1) is 6.54 Å². The summed E-state index contributed by atoms with van der Waals surface area (Å²) in [6.45, 7) is 6.93. The van der Waals surface area contributed by atoms with Crippen LogP contribution in [0.4, 0.5) is 4.79 Å². The molecule has 1 fully saturated rings. The maximum absolute atomic E-state index is 10.9. The highest BCUT2D eigenvalue weighted by Gasteiger charge is 2.36. The van der Waals surface area contributed by atoms with E-state index < -0.39 is 0 Å². The molecular weight excluding hydrogens is 142 g/mol. The highest BCUT2D eigenvalue weighted by Crippen LogP contribution is 2.26. The Bertz CT molecular complexity index is 171. The summed E-state index contributed by atoms with van der Waals surface area (Å²) >= 11 is 0. The van der Waals surface area contributed by atoms with Gasteiger partial charge >= 0.3 is 6.09 Å². The van der Waals surface area contributed by atoms with E-state index in [-0.39, 0.29) is 17.6 Å². The molecule has 0 unspecified atom stereocenters. The topological polar surface area (TPSA) is 29.5 Å². The first-order valence-electron chi connectivity index (χ1n) is 3.83. The van der Waals surface area contributed by atoms with Crippen molar-refractivity contribution in [2.75, 3.05) is 13.6 Å². The number of carbonyl (C=O) groups excluding carboxylic acids is 1. The Labute approximate surface area is 67.3 Å². The Morgan fingerprint density at radius 2 is 2.09 bits per heavy atom. The van der Waals surface area contributed by atoms with Gasteiger partial charge in [-0.15, -0.1) is 0 Å². The first kappa shape index (κ1) is 8.37. The van der Waals surface area contributed by atoms with Crippen LogP contribution in [0, 0.1) is 5.41 Å². The van der Waals surface area contributed by atoms with Gasteiger partial charge in [0.1, 0.15) is 6.10 Å². The number of amides is 1. The van der Waals surface area contributed by atoms with E-state index in [1.165, 1.54) is 0 Å². The fourth-order valence-corrected chi connectivity index (χ4v) is 1.02. The van der Waals surface area contributed by atoms with Gasteiger partial charge in [0.15, 0.2) is 0 Å². The Morgan fingerprint density at radius 1 is 1.55 bits per heavy atom. The predicted octanol–water partition coefficient (Wildman–Crippen LogP) is 1.48. The number of likely N-dealkylation sites (N-methyl/N-ethyl adjacent to an activating group) is 1. The first-order valence-corrected chi connectivity index (χ1v) is 3.83. The molecule has 0 aromatic rings. The number of cyclic esters (lactones) is 1. The van der Waals surface area contributed by atoms with Crippen LogP contribution in [0.3, 0.4) is 0 Å². The minimum atomic E-state index is -0.204. The average molecular weight is 157 g/mol. The summed E-state index contributed by atoms with van der Waals surface area (Å²) < 4.78 is 5.12. The summed E-state index contributed by atoms with van der Waals surface area (Å²) in [6.07, 6.45) is -0.162. The second-order valence-electron chi connectivity index (χ2n) is 4.12. The van der Waals surface area contributed by atoms with Crippen molar-refractivity contribution < 1.29 is 9.53 Å². The zero-order valence-corrected chi connectivity index (χ0v) is 7.55. The van der Waals surface area contributed by atoms with Crippen molar-refractivity contribution >= 4 is 6.09 Å². The molecule has 0 radical (unpaired) electrons. The van der Waals surface area contributed by atoms with E-state index in [2.05, 4.69) is 20.8 Å². The molecule has 1 rings (SSSR count). The van der Waals surface area contributed by atoms with Crippen molar-refractivity contribution in [3.63, 3.8) is 0 Å². The van der Waals surface area contributed by atoms with Gasteiger partial charge in [0.25, 0.3) is 0 Å². The summed E-state index contributed by atoms with van der Waals surface area (Å²) in [6, 6.07) is 0. The molecule has 0 N–H and O–H groups in total. The van der Waals surface area contributed by atoms with Crippen LogP contribution in [0.15, 0.2) is 0 Å². The smallest absolute Gasteiger partial charge is 0.409 e. The molecule has 1 aliphatic heterocycles. The number of nitrogens with zero attached hydrogens (tertiary/aromatic N) is 1. The maximum Gasteiger partial charge on any atom is 0.409 e. The van der Waals surface area contributed by atoms with Crippen molar-refractivity contribution in [2.45, 2.75) is 26.9 Å². The maximum atomic E-state index is 10.9. The van der Waals surface area contributed by atoms with E-state index in [0.717, 1.165) is 0 Å². The zero-order valence-electron chi connectivity index (χ0n) is 7.55. The van der Waals surface area contributed by atoms with Crippen LogP contribution in [0.1, 0.15) is 20.8 Å². The van der Waals surface area contributed by atoms with Gasteiger partial charge < -0.3 is 9.64 Å². The van der Waals surface area contributed by atoms with E-state index in [0.29, 0.717) is 6.54 Å². The van der Waals surface area contributed by atoms with Gasteiger partial charge in [-0.2, -0.15) is 0 Å². The number of rotatable bonds is 0. The quantitative estimate of drug-likeness (QED) is 0.533. The Morgan fingerprint density at radius 3 is 2.27 bits per heavy atom. The Hall–Kier alpha value is -0.730. The lowest BCUT2D eigenvalue weighted by Gasteiger charge is -2.23. The fraction of sp³-hybridized carbons (Fsp3) is 0.875. The average Bonchev–Trinajstić information content (AvgIpc) is 2.11. The number of hydrogen-bond donors (Lipinski definition) is 0. The molecule has 0 spiro atoms. The van der Waals surface area contributed by atoms with E-state index in [1.54, 1.807) is 11.9 Å². The van der Waals surface area contributed by atoms with E-state index in [1.807, 2.05) is 0 Å². The van der Waals surface area contributed by atoms with E-state index in [4.69, 9.17) is 4.74 Å². The van der Waals surface area contributed by atoms with Gasteiger partial charge in [-0.3, -0.25) is 0 Å². The van der Waals surface area contributed by atoms with Gasteiger partial charge in [-0.25, -0.2) is 4.79 Å². The third-order valence-electron chi connectivity index (χ3n) is 1.96. The molecule has 3 heteroatoms. The van der Waals surface area contributed by atoms with Crippen molar-refractivity contribution in [1.29, 1.82) is 0 Å². The zero-order chi connectivity index (χ0) is 8.65. The third kappa shape index (κ3) is 1.64. The summed E-state index contributed by atoms with van der Waals surface area (Å²) in [7, 11) is 1.76. The van der Waals surface area contributed by atoms with Crippen molar-refractivity contribution in [3.8, 4) is 0 Å². The van der Waals surface area contributed by atoms with Gasteiger partial charge in [-0.05, 0) is 0 Å². The molecule has 0 bridgehead atoms. The van der Waals surface area contributed by atoms with Crippen LogP contribution in [0.5, 0.6) is 0 Å². The Kier molecular flexibility index (Phi) is 1.82. The van der Waals surface area contributed by atoms with Crippen LogP contribution in [0.2, 0.25) is 0 Å². The van der Waals surface area contributed by atoms with Crippen LogP contribution >= 0.6 is 0 Å². The number of ether oxygens (including phenoxy) is 1. The molecule has 1 aliphatic rings. The molecule has 1 amide bonds. The summed E-state index contributed by atoms with van der Waals surface area (Å²) in [5.74, 6) is 0. The van der Waals surface area contributed by atoms with E-state index in [9.17, 15) is 4.79 Å². The molecule has 64 valence electrons. The molecule has 0 aromatic carbocycles. The fourth-order valence-electron chi connectivity index (χ4n) is 1.02. The molecule has 0 aromatic heterocycles. The number of hydrogen-bond acceptors (Lipinski definition) is 2. The van der Waals surface area contributed by atoms with Crippen molar-refractivity contribution in [2.24, 2.45) is 5.41 Å². The second kappa shape index (κ2) is 2.40. The summed E-state index contributed by atoms with van der Waals surface area (Å²) in [5, 5.41) is 0. The third-order valence-corrected chi connectivity index (χ3v) is 1.96. The van der Waals surface area contributed by atoms with Crippen LogP contribution < -0.4 is 0 Å². The summed E-state index contributed by atoms with van der Waals surface area (Å²) in [5.41, 5.74) is 0.0560. The highest BCUT2D eigenvalue weighted by molar-refractivity contribution is 5.69. The normalized spacial score (nSPS) is 25.6. The van der Waals surface area contributed by atoms with Crippen molar-refractivity contribution in [3.05, 3.63) is 0 Å². The summed E-state index contributed by atoms with van der Waals surface area (Å²) in [4.78, 5) is 12.5. The van der Waals surface area contributed by atoms with Crippen LogP contribution in [-0.4, -0.2) is 30.7 Å². The molecule has 11 heavy (non-hydrogen) atoms. The second-order valence-corrected chi connectivity index (χ2v) is 4.12. The molecular formula is C8H15NO2. The highest BCUT2D eigenvalue weighted by atomic mass is 16.6. The minimum Gasteiger partial charge on any atom is -0.444 e. The van der Waals surface area contributed by atoms with Gasteiger partial charge in [-0.1, -0.05) is 20.8 Å². The lowest BCUT2D eigenvalue weighted by atomic mass is 9.89. The lowest BCUT2D eigenvalue weighted by molar-refractivity contribution is 0.0725. The van der Waals surface area contributed by atoms with Crippen LogP contribution in [-0.2, 0) is 4.74 Å². The molecule has 0 saturated carbocycles. The molecule has 3 nitrogen and oxygen atoms in total. The predicted molar refractivity (Wildman–Crippen MR) is 42.4 cm³/mol. The monoisotopic (exact) mass is 157 g/mol. The van der Waals surface area contributed by atoms with Gasteiger partial charge in [0, 0.05) is 12.5 Å². The molecule has 1 atom stereocenters. The first-order chi connectivity index (χ1) is 4.91.